The molecular weight excluding hydrogens is 270 g/mol. The Hall–Kier alpha value is -1.68. The molecule has 0 saturated carbocycles. The number of nitrogens with zero attached hydrogens (tertiary/aromatic N) is 1. The van der Waals surface area contributed by atoms with Crippen LogP contribution in [0, 0.1) is 0 Å². The summed E-state index contributed by atoms with van der Waals surface area (Å²) >= 11 is 1.66. The van der Waals surface area contributed by atoms with E-state index in [1.807, 2.05) is 25.1 Å². The highest BCUT2D eigenvalue weighted by atomic mass is 32.2. The van der Waals surface area contributed by atoms with Gasteiger partial charge in [-0.05, 0) is 31.9 Å². The predicted molar refractivity (Wildman–Crippen MR) is 81.7 cm³/mol. The quantitative estimate of drug-likeness (QED) is 0.626. The zero-order valence-electron chi connectivity index (χ0n) is 11.5. The highest BCUT2D eigenvalue weighted by Gasteiger charge is 2.37. The van der Waals surface area contributed by atoms with Crippen molar-refractivity contribution in [1.82, 2.24) is 0 Å². The zero-order valence-corrected chi connectivity index (χ0v) is 12.3. The van der Waals surface area contributed by atoms with E-state index < -0.39 is 0 Å². The van der Waals surface area contributed by atoms with Crippen molar-refractivity contribution >= 4 is 23.4 Å². The number of thioether (sulfide) groups is 1. The molecule has 2 heterocycles. The van der Waals surface area contributed by atoms with Crippen LogP contribution in [0.1, 0.15) is 19.8 Å². The fourth-order valence-corrected chi connectivity index (χ4v) is 3.97. The molecule has 0 radical (unpaired) electrons. The number of hydrogen-bond donors (Lipinski definition) is 0. The molecule has 104 valence electrons. The summed E-state index contributed by atoms with van der Waals surface area (Å²) in [4.78, 5) is 15.6. The van der Waals surface area contributed by atoms with Gasteiger partial charge in [-0.2, -0.15) is 0 Å². The summed E-state index contributed by atoms with van der Waals surface area (Å²) in [6.07, 6.45) is 3.61. The van der Waals surface area contributed by atoms with Crippen molar-refractivity contribution in [3.8, 4) is 0 Å². The van der Waals surface area contributed by atoms with Gasteiger partial charge in [0.2, 0.25) is 0 Å². The molecule has 2 aliphatic heterocycles. The maximum absolute atomic E-state index is 12.1. The highest BCUT2D eigenvalue weighted by molar-refractivity contribution is 8.03. The lowest BCUT2D eigenvalue weighted by Gasteiger charge is -2.33. The molecule has 1 aromatic carbocycles. The number of ether oxygens (including phenoxy) is 1. The fraction of sp³-hybridized carbons (Fsp3) is 0.312. The highest BCUT2D eigenvalue weighted by Crippen LogP contribution is 2.51. The average molecular weight is 287 g/mol. The van der Waals surface area contributed by atoms with E-state index in [-0.39, 0.29) is 12.0 Å². The van der Waals surface area contributed by atoms with Crippen molar-refractivity contribution in [2.24, 2.45) is 0 Å². The number of carbonyl (C=O) groups excluding carboxylic acids is 1. The summed E-state index contributed by atoms with van der Waals surface area (Å²) in [5.74, 6) is -0.185. The summed E-state index contributed by atoms with van der Waals surface area (Å²) < 4.78 is 5.19. The third-order valence-corrected chi connectivity index (χ3v) is 4.83. The lowest BCUT2D eigenvalue weighted by molar-refractivity contribution is -0.138. The van der Waals surface area contributed by atoms with E-state index in [0.717, 1.165) is 23.4 Å². The first-order chi connectivity index (χ1) is 9.76. The standard InChI is InChI=1S/C16H17NO2S/c1-3-11-9-10-12(16(18)19-4-2)15-17(11)13-7-5-6-8-14(13)20-15/h3,5-8,11H,1,4,9-10H2,2H3/t11-/m0/s1. The summed E-state index contributed by atoms with van der Waals surface area (Å²) in [5.41, 5.74) is 1.96. The molecule has 0 fully saturated rings. The van der Waals surface area contributed by atoms with Gasteiger partial charge in [-0.3, -0.25) is 0 Å². The van der Waals surface area contributed by atoms with Gasteiger partial charge in [0.05, 0.1) is 28.9 Å². The van der Waals surface area contributed by atoms with Crippen molar-refractivity contribution in [3.63, 3.8) is 0 Å². The molecule has 0 spiro atoms. The molecule has 1 atom stereocenters. The largest absolute Gasteiger partial charge is 0.463 e. The Morgan fingerprint density at radius 3 is 3.10 bits per heavy atom. The molecule has 4 heteroatoms. The lowest BCUT2D eigenvalue weighted by atomic mass is 9.99. The normalized spacial score (nSPS) is 20.4. The van der Waals surface area contributed by atoms with Crippen LogP contribution in [0.2, 0.25) is 0 Å². The summed E-state index contributed by atoms with van der Waals surface area (Å²) in [5, 5.41) is 1.01. The van der Waals surface area contributed by atoms with Crippen molar-refractivity contribution in [3.05, 3.63) is 47.5 Å². The van der Waals surface area contributed by atoms with Crippen LogP contribution in [0.15, 0.2) is 52.4 Å². The van der Waals surface area contributed by atoms with Crippen LogP contribution in [0.25, 0.3) is 0 Å². The molecule has 0 amide bonds. The Balaban J connectivity index is 2.07. The maximum atomic E-state index is 12.1. The lowest BCUT2D eigenvalue weighted by Crippen LogP contribution is -2.35. The number of rotatable bonds is 3. The molecule has 1 aromatic rings. The Labute approximate surface area is 123 Å². The van der Waals surface area contributed by atoms with Gasteiger partial charge in [-0.25, -0.2) is 4.79 Å². The molecule has 2 aliphatic rings. The molecule has 0 saturated heterocycles. The number of fused-ring (bicyclic) bond motifs is 3. The van der Waals surface area contributed by atoms with Crippen LogP contribution in [0.4, 0.5) is 5.69 Å². The van der Waals surface area contributed by atoms with E-state index in [2.05, 4.69) is 23.6 Å². The van der Waals surface area contributed by atoms with E-state index in [9.17, 15) is 4.79 Å². The molecule has 0 unspecified atom stereocenters. The molecule has 3 rings (SSSR count). The monoisotopic (exact) mass is 287 g/mol. The number of benzene rings is 1. The minimum atomic E-state index is -0.185. The Morgan fingerprint density at radius 2 is 2.35 bits per heavy atom. The Kier molecular flexibility index (Phi) is 3.57. The first kappa shape index (κ1) is 13.3. The number of para-hydroxylation sites is 1. The van der Waals surface area contributed by atoms with Gasteiger partial charge in [0.1, 0.15) is 0 Å². The third-order valence-electron chi connectivity index (χ3n) is 3.62. The topological polar surface area (TPSA) is 29.5 Å². The minimum Gasteiger partial charge on any atom is -0.463 e. The molecule has 0 bridgehead atoms. The van der Waals surface area contributed by atoms with Gasteiger partial charge in [0, 0.05) is 4.90 Å². The Bertz CT molecular complexity index is 594. The van der Waals surface area contributed by atoms with Gasteiger partial charge in [0.15, 0.2) is 0 Å². The predicted octanol–water partition coefficient (Wildman–Crippen LogP) is 3.72. The van der Waals surface area contributed by atoms with Crippen molar-refractivity contribution in [2.45, 2.75) is 30.7 Å². The molecule has 0 aliphatic carbocycles. The van der Waals surface area contributed by atoms with Gasteiger partial charge in [0.25, 0.3) is 0 Å². The molecule has 0 N–H and O–H groups in total. The summed E-state index contributed by atoms with van der Waals surface area (Å²) in [7, 11) is 0. The number of hydrogen-bond acceptors (Lipinski definition) is 4. The van der Waals surface area contributed by atoms with Crippen LogP contribution in [0.3, 0.4) is 0 Å². The van der Waals surface area contributed by atoms with Gasteiger partial charge >= 0.3 is 5.97 Å². The van der Waals surface area contributed by atoms with E-state index in [1.165, 1.54) is 10.6 Å². The zero-order chi connectivity index (χ0) is 14.1. The van der Waals surface area contributed by atoms with E-state index in [0.29, 0.717) is 6.61 Å². The van der Waals surface area contributed by atoms with Gasteiger partial charge in [-0.1, -0.05) is 30.0 Å². The SMILES string of the molecule is C=C[C@H]1CCC(C(=O)OCC)=C2Sc3ccccc3N21. The fourth-order valence-electron chi connectivity index (χ4n) is 2.70. The number of carbonyl (C=O) groups is 1. The van der Waals surface area contributed by atoms with Crippen LogP contribution in [-0.4, -0.2) is 18.6 Å². The second kappa shape index (κ2) is 5.37. The molecule has 3 nitrogen and oxygen atoms in total. The van der Waals surface area contributed by atoms with Crippen LogP contribution in [-0.2, 0) is 9.53 Å². The van der Waals surface area contributed by atoms with E-state index in [4.69, 9.17) is 4.74 Å². The van der Waals surface area contributed by atoms with Crippen molar-refractivity contribution in [2.75, 3.05) is 11.5 Å². The van der Waals surface area contributed by atoms with Crippen LogP contribution in [0.5, 0.6) is 0 Å². The summed E-state index contributed by atoms with van der Waals surface area (Å²) in [6, 6.07) is 8.49. The first-order valence-electron chi connectivity index (χ1n) is 6.85. The van der Waals surface area contributed by atoms with Gasteiger partial charge < -0.3 is 9.64 Å². The minimum absolute atomic E-state index is 0.185. The van der Waals surface area contributed by atoms with Crippen LogP contribution >= 0.6 is 11.8 Å². The molecule has 20 heavy (non-hydrogen) atoms. The Morgan fingerprint density at radius 1 is 1.55 bits per heavy atom. The maximum Gasteiger partial charge on any atom is 0.336 e. The third kappa shape index (κ3) is 2.04. The second-order valence-electron chi connectivity index (χ2n) is 4.79. The van der Waals surface area contributed by atoms with Crippen molar-refractivity contribution in [1.29, 1.82) is 0 Å². The molecular formula is C16H17NO2S. The van der Waals surface area contributed by atoms with Crippen molar-refractivity contribution < 1.29 is 9.53 Å². The van der Waals surface area contributed by atoms with E-state index in [1.54, 1.807) is 11.8 Å². The van der Waals surface area contributed by atoms with E-state index >= 15 is 0 Å². The second-order valence-corrected chi connectivity index (χ2v) is 5.82. The number of anilines is 1. The van der Waals surface area contributed by atoms with Crippen LogP contribution < -0.4 is 4.90 Å². The van der Waals surface area contributed by atoms with Gasteiger partial charge in [-0.15, -0.1) is 6.58 Å². The molecule has 0 aromatic heterocycles. The first-order valence-corrected chi connectivity index (χ1v) is 7.66. The number of esters is 1. The smallest absolute Gasteiger partial charge is 0.336 e. The summed E-state index contributed by atoms with van der Waals surface area (Å²) in [6.45, 7) is 6.19. The average Bonchev–Trinajstić information content (AvgIpc) is 2.86.